The molecule has 2 N–H and O–H groups in total. The van der Waals surface area contributed by atoms with E-state index in [2.05, 4.69) is 19.8 Å². The number of anilines is 2. The molecule has 2 saturated carbocycles. The van der Waals surface area contributed by atoms with E-state index in [1.165, 1.54) is 7.11 Å². The predicted molar refractivity (Wildman–Crippen MR) is 219 cm³/mol. The van der Waals surface area contributed by atoms with Gasteiger partial charge < -0.3 is 39.2 Å². The van der Waals surface area contributed by atoms with Crippen molar-refractivity contribution in [2.45, 2.75) is 82.0 Å². The largest absolute Gasteiger partial charge is 0.491 e. The van der Waals surface area contributed by atoms with E-state index in [1.807, 2.05) is 74.5 Å². The molecule has 4 fully saturated rings. The number of carbonyl (C=O) groups excluding carboxylic acids is 1. The predicted octanol–water partition coefficient (Wildman–Crippen LogP) is 8.23. The summed E-state index contributed by atoms with van der Waals surface area (Å²) in [7, 11) is 1.40. The first kappa shape index (κ1) is 42.8. The Morgan fingerprint density at radius 3 is 1.48 bits per heavy atom. The summed E-state index contributed by atoms with van der Waals surface area (Å²) in [5.41, 5.74) is 8.02. The summed E-state index contributed by atoms with van der Waals surface area (Å²) in [6.45, 7) is 7.13. The van der Waals surface area contributed by atoms with Gasteiger partial charge in [0.25, 0.3) is 11.8 Å². The van der Waals surface area contributed by atoms with Crippen molar-refractivity contribution in [3.8, 4) is 23.0 Å². The minimum absolute atomic E-state index is 0.00909. The standard InChI is InChI=1S/C24H28F2N2O4.C21H25F2N3O2/c1-16(11-23(29)30-2)17-3-5-19(6-4-17)32-21-9-10-28(14-21)22-8-7-20(13-27-22)31-15-18-12-24(18,25)26;1-14(24)15-2-4-17(5-3-15)28-19-8-9-26(12-19)20-7-6-18(11-25-20)27-13-16-10-21(16,22)23/h3-8,13,16,18,21H,9-12,14-15H2,1-2H3;2-7,11,14,16,19H,8-10,12-13,24H2,1H3/t16-,18-,21?;14-,16+,19?/m10/s1. The van der Waals surface area contributed by atoms with Crippen molar-refractivity contribution in [2.75, 3.05) is 56.3 Å². The smallest absolute Gasteiger partial charge is 0.306 e. The fourth-order valence-corrected chi connectivity index (χ4v) is 7.21. The zero-order chi connectivity index (χ0) is 42.4. The minimum atomic E-state index is -2.57. The summed E-state index contributed by atoms with van der Waals surface area (Å²) < 4.78 is 79.4. The van der Waals surface area contributed by atoms with Gasteiger partial charge in [0, 0.05) is 44.8 Å². The number of nitrogens with zero attached hydrogens (tertiary/aromatic N) is 4. The second kappa shape index (κ2) is 18.5. The molecule has 0 amide bonds. The first-order chi connectivity index (χ1) is 28.7. The lowest BCUT2D eigenvalue weighted by atomic mass is 9.98. The summed E-state index contributed by atoms with van der Waals surface area (Å²) in [4.78, 5) is 24.6. The van der Waals surface area contributed by atoms with Gasteiger partial charge >= 0.3 is 5.97 Å². The molecule has 11 nitrogen and oxygen atoms in total. The Kier molecular flexibility index (Phi) is 13.2. The number of aromatic nitrogens is 2. The first-order valence-corrected chi connectivity index (χ1v) is 20.5. The van der Waals surface area contributed by atoms with Gasteiger partial charge in [-0.25, -0.2) is 27.5 Å². The molecule has 60 heavy (non-hydrogen) atoms. The topological polar surface area (TPSA) is 122 Å². The van der Waals surface area contributed by atoms with Gasteiger partial charge in [-0.1, -0.05) is 31.2 Å². The van der Waals surface area contributed by atoms with Crippen molar-refractivity contribution in [3.63, 3.8) is 0 Å². The van der Waals surface area contributed by atoms with E-state index in [-0.39, 0.29) is 56.2 Å². The number of esters is 1. The van der Waals surface area contributed by atoms with Crippen molar-refractivity contribution < 1.29 is 46.0 Å². The van der Waals surface area contributed by atoms with E-state index in [0.29, 0.717) is 24.5 Å². The number of carbonyl (C=O) groups is 1. The van der Waals surface area contributed by atoms with Crippen LogP contribution in [-0.4, -0.2) is 86.5 Å². The van der Waals surface area contributed by atoms with Crippen LogP contribution in [0, 0.1) is 11.8 Å². The van der Waals surface area contributed by atoms with Gasteiger partial charge in [0.15, 0.2) is 0 Å². The Morgan fingerprint density at radius 2 is 1.12 bits per heavy atom. The second-order valence-electron chi connectivity index (χ2n) is 16.2. The van der Waals surface area contributed by atoms with Crippen LogP contribution in [0.2, 0.25) is 0 Å². The number of benzene rings is 2. The Bertz CT molecular complexity index is 2010. The second-order valence-corrected chi connectivity index (χ2v) is 16.2. The number of hydrogen-bond acceptors (Lipinski definition) is 11. The molecule has 0 bridgehead atoms. The molecule has 15 heteroatoms. The van der Waals surface area contributed by atoms with Crippen LogP contribution in [0.3, 0.4) is 0 Å². The average molecular weight is 836 g/mol. The van der Waals surface area contributed by atoms with Crippen LogP contribution < -0.4 is 34.5 Å². The van der Waals surface area contributed by atoms with Crippen molar-refractivity contribution in [2.24, 2.45) is 17.6 Å². The zero-order valence-corrected chi connectivity index (χ0v) is 34.2. The molecule has 4 heterocycles. The maximum absolute atomic E-state index is 12.9. The summed E-state index contributed by atoms with van der Waals surface area (Å²) in [5.74, 6) is -2.30. The fourth-order valence-electron chi connectivity index (χ4n) is 7.21. The van der Waals surface area contributed by atoms with Gasteiger partial charge in [0.2, 0.25) is 0 Å². The highest BCUT2D eigenvalue weighted by molar-refractivity contribution is 5.70. The number of ether oxygens (including phenoxy) is 5. The first-order valence-electron chi connectivity index (χ1n) is 20.5. The SMILES string of the molecule is COC(=O)C[C@@H](C)c1ccc(OC2CCN(c3ccc(OC[C@H]4CC4(F)F)cn3)C2)cc1.C[C@H](N)c1ccc(OC2CCN(c3ccc(OC[C@H]4CC4(F)F)cn3)C2)cc1. The highest BCUT2D eigenvalue weighted by Crippen LogP contribution is 2.49. The van der Waals surface area contributed by atoms with Gasteiger partial charge in [-0.05, 0) is 72.5 Å². The van der Waals surface area contributed by atoms with Crippen LogP contribution in [-0.2, 0) is 9.53 Å². The third kappa shape index (κ3) is 11.5. The summed E-state index contributed by atoms with van der Waals surface area (Å²) >= 11 is 0. The molecule has 2 aromatic heterocycles. The van der Waals surface area contributed by atoms with Crippen molar-refractivity contribution in [1.29, 1.82) is 0 Å². The van der Waals surface area contributed by atoms with E-state index >= 15 is 0 Å². The summed E-state index contributed by atoms with van der Waals surface area (Å²) in [6.07, 6.45) is 5.26. The molecule has 2 aromatic carbocycles. The Morgan fingerprint density at radius 1 is 0.700 bits per heavy atom. The van der Waals surface area contributed by atoms with E-state index in [9.17, 15) is 22.4 Å². The van der Waals surface area contributed by atoms with Crippen LogP contribution in [0.1, 0.15) is 69.0 Å². The number of methoxy groups -OCH3 is 1. The fraction of sp³-hybridized carbons (Fsp3) is 0.489. The number of rotatable bonds is 16. The number of alkyl halides is 4. The Labute approximate surface area is 348 Å². The van der Waals surface area contributed by atoms with Crippen molar-refractivity contribution in [3.05, 3.63) is 96.3 Å². The highest BCUT2D eigenvalue weighted by Gasteiger charge is 2.57. The van der Waals surface area contributed by atoms with Gasteiger partial charge in [-0.3, -0.25) is 4.79 Å². The molecule has 4 aliphatic rings. The van der Waals surface area contributed by atoms with Gasteiger partial charge in [-0.15, -0.1) is 0 Å². The third-order valence-electron chi connectivity index (χ3n) is 11.4. The lowest BCUT2D eigenvalue weighted by Gasteiger charge is -2.19. The molecule has 2 aliphatic carbocycles. The third-order valence-corrected chi connectivity index (χ3v) is 11.4. The average Bonchev–Trinajstić information content (AvgIpc) is 3.78. The molecule has 2 saturated heterocycles. The molecule has 322 valence electrons. The number of halogens is 4. The molecule has 6 atom stereocenters. The molecule has 2 unspecified atom stereocenters. The number of hydrogen-bond donors (Lipinski definition) is 1. The van der Waals surface area contributed by atoms with Gasteiger partial charge in [0.05, 0.1) is 64.1 Å². The Balaban J connectivity index is 0.000000183. The van der Waals surface area contributed by atoms with Crippen molar-refractivity contribution in [1.82, 2.24) is 9.97 Å². The van der Waals surface area contributed by atoms with E-state index in [1.54, 1.807) is 24.5 Å². The van der Waals surface area contributed by atoms with E-state index in [0.717, 1.165) is 66.7 Å². The minimum Gasteiger partial charge on any atom is -0.491 e. The Hall–Kier alpha value is -5.31. The van der Waals surface area contributed by atoms with Crippen molar-refractivity contribution >= 4 is 17.6 Å². The molecule has 8 rings (SSSR count). The number of pyridine rings is 2. The lowest BCUT2D eigenvalue weighted by molar-refractivity contribution is -0.141. The molecule has 0 radical (unpaired) electrons. The van der Waals surface area contributed by atoms with Crippen LogP contribution in [0.25, 0.3) is 0 Å². The summed E-state index contributed by atoms with van der Waals surface area (Å²) in [6, 6.07) is 23.0. The summed E-state index contributed by atoms with van der Waals surface area (Å²) in [5, 5.41) is 0. The lowest BCUT2D eigenvalue weighted by Crippen LogP contribution is -2.25. The van der Waals surface area contributed by atoms with Crippen LogP contribution in [0.5, 0.6) is 23.0 Å². The van der Waals surface area contributed by atoms with E-state index < -0.39 is 23.7 Å². The van der Waals surface area contributed by atoms with Gasteiger partial charge in [0.1, 0.15) is 46.8 Å². The molecule has 4 aromatic rings. The number of nitrogens with two attached hydrogens (primary N) is 1. The van der Waals surface area contributed by atoms with E-state index in [4.69, 9.17) is 29.4 Å². The van der Waals surface area contributed by atoms with Crippen LogP contribution in [0.4, 0.5) is 29.2 Å². The normalized spacial score (nSPS) is 23.1. The maximum Gasteiger partial charge on any atom is 0.306 e. The van der Waals surface area contributed by atoms with Crippen LogP contribution in [0.15, 0.2) is 85.2 Å². The quantitative estimate of drug-likeness (QED) is 0.0868. The molecule has 0 spiro atoms. The van der Waals surface area contributed by atoms with Crippen LogP contribution >= 0.6 is 0 Å². The monoisotopic (exact) mass is 835 g/mol. The zero-order valence-electron chi connectivity index (χ0n) is 34.2. The highest BCUT2D eigenvalue weighted by atomic mass is 19.3. The molecule has 2 aliphatic heterocycles. The van der Waals surface area contributed by atoms with Gasteiger partial charge in [-0.2, -0.15) is 0 Å². The molecular formula is C45H53F4N5O6. The maximum atomic E-state index is 12.9. The molecular weight excluding hydrogens is 783 g/mol.